The van der Waals surface area contributed by atoms with Gasteiger partial charge in [0.15, 0.2) is 0 Å². The molecular formula is C28H43NO3. The van der Waals surface area contributed by atoms with E-state index in [9.17, 15) is 9.90 Å². The van der Waals surface area contributed by atoms with Gasteiger partial charge in [0.05, 0.1) is 5.92 Å². The molecule has 1 heterocycles. The summed E-state index contributed by atoms with van der Waals surface area (Å²) in [7, 11) is 0. The Hall–Kier alpha value is -2.07. The number of nitrogens with zero attached hydrogens (tertiary/aromatic N) is 1. The molecule has 4 nitrogen and oxygen atoms in total. The third kappa shape index (κ3) is 8.12. The van der Waals surface area contributed by atoms with Gasteiger partial charge in [-0.1, -0.05) is 78.0 Å². The van der Waals surface area contributed by atoms with Crippen molar-refractivity contribution in [1.82, 2.24) is 4.90 Å². The Balaban J connectivity index is 0.000000277. The summed E-state index contributed by atoms with van der Waals surface area (Å²) in [6.07, 6.45) is 8.93. The third-order valence-corrected chi connectivity index (χ3v) is 6.82. The number of benzene rings is 2. The first-order valence-electron chi connectivity index (χ1n) is 12.6. The molecular weight excluding hydrogens is 398 g/mol. The summed E-state index contributed by atoms with van der Waals surface area (Å²) in [5, 5.41) is 20.6. The second kappa shape index (κ2) is 13.5. The van der Waals surface area contributed by atoms with Gasteiger partial charge in [-0.15, -0.1) is 0 Å². The van der Waals surface area contributed by atoms with Crippen molar-refractivity contribution in [3.05, 3.63) is 42.0 Å². The zero-order chi connectivity index (χ0) is 23.5. The summed E-state index contributed by atoms with van der Waals surface area (Å²) in [5.74, 6) is 1.43. The second-order valence-electron chi connectivity index (χ2n) is 9.40. The van der Waals surface area contributed by atoms with Crippen molar-refractivity contribution in [3.8, 4) is 5.75 Å². The van der Waals surface area contributed by atoms with Crippen LogP contribution in [0.3, 0.4) is 0 Å². The van der Waals surface area contributed by atoms with E-state index in [1.165, 1.54) is 37.7 Å². The van der Waals surface area contributed by atoms with Crippen LogP contribution in [0.15, 0.2) is 36.4 Å². The Morgan fingerprint density at radius 3 is 2.09 bits per heavy atom. The van der Waals surface area contributed by atoms with Gasteiger partial charge in [0, 0.05) is 6.54 Å². The molecule has 4 heteroatoms. The summed E-state index contributed by atoms with van der Waals surface area (Å²) in [6, 6.07) is 11.6. The van der Waals surface area contributed by atoms with E-state index in [0.717, 1.165) is 55.1 Å². The van der Waals surface area contributed by atoms with Gasteiger partial charge in [-0.25, -0.2) is 0 Å². The highest BCUT2D eigenvalue weighted by Gasteiger charge is 2.24. The Morgan fingerprint density at radius 1 is 0.938 bits per heavy atom. The average molecular weight is 442 g/mol. The maximum Gasteiger partial charge on any atom is 0.306 e. The predicted molar refractivity (Wildman–Crippen MR) is 134 cm³/mol. The number of phenolic OH excluding ortho intramolecular Hbond substituents is 1. The molecule has 178 valence electrons. The van der Waals surface area contributed by atoms with Gasteiger partial charge in [0.25, 0.3) is 0 Å². The van der Waals surface area contributed by atoms with Crippen molar-refractivity contribution >= 4 is 16.7 Å². The van der Waals surface area contributed by atoms with Crippen LogP contribution in [0.1, 0.15) is 78.2 Å². The van der Waals surface area contributed by atoms with Gasteiger partial charge in [-0.05, 0) is 72.3 Å². The van der Waals surface area contributed by atoms with Crippen LogP contribution in [-0.4, -0.2) is 34.2 Å². The Morgan fingerprint density at radius 2 is 1.53 bits per heavy atom. The average Bonchev–Trinajstić information content (AvgIpc) is 2.82. The van der Waals surface area contributed by atoms with Gasteiger partial charge >= 0.3 is 5.97 Å². The van der Waals surface area contributed by atoms with E-state index < -0.39 is 5.97 Å². The number of aliphatic carboxylic acids is 1. The molecule has 1 aliphatic heterocycles. The number of rotatable bonds is 4. The molecule has 0 atom stereocenters. The van der Waals surface area contributed by atoms with Crippen LogP contribution in [0.25, 0.3) is 10.8 Å². The molecule has 0 amide bonds. The number of carbonyl (C=O) groups is 1. The van der Waals surface area contributed by atoms with Crippen molar-refractivity contribution in [3.63, 3.8) is 0 Å². The van der Waals surface area contributed by atoms with Crippen LogP contribution >= 0.6 is 0 Å². The van der Waals surface area contributed by atoms with Crippen LogP contribution < -0.4 is 0 Å². The van der Waals surface area contributed by atoms with E-state index in [1.807, 2.05) is 26.0 Å². The minimum atomic E-state index is -0.667. The molecule has 32 heavy (non-hydrogen) atoms. The predicted octanol–water partition coefficient (Wildman–Crippen LogP) is 7.09. The molecule has 0 radical (unpaired) electrons. The maximum absolute atomic E-state index is 11.0. The summed E-state index contributed by atoms with van der Waals surface area (Å²) < 4.78 is 0. The molecule has 2 aromatic rings. The van der Waals surface area contributed by atoms with Crippen molar-refractivity contribution in [2.45, 2.75) is 79.2 Å². The number of carboxylic acid groups (broad SMARTS) is 1. The van der Waals surface area contributed by atoms with Crippen molar-refractivity contribution < 1.29 is 15.0 Å². The zero-order valence-corrected chi connectivity index (χ0v) is 20.5. The van der Waals surface area contributed by atoms with Gasteiger partial charge < -0.3 is 10.2 Å². The fourth-order valence-electron chi connectivity index (χ4n) is 4.78. The quantitative estimate of drug-likeness (QED) is 0.531. The van der Waals surface area contributed by atoms with E-state index in [4.69, 9.17) is 5.11 Å². The van der Waals surface area contributed by atoms with Crippen LogP contribution in [0.4, 0.5) is 0 Å². The molecule has 2 N–H and O–H groups in total. The Bertz CT molecular complexity index is 819. The monoisotopic (exact) mass is 441 g/mol. The molecule has 1 saturated heterocycles. The highest BCUT2D eigenvalue weighted by Crippen LogP contribution is 2.29. The van der Waals surface area contributed by atoms with Gasteiger partial charge in [0.2, 0.25) is 0 Å². The molecule has 2 aliphatic rings. The number of hydrogen-bond acceptors (Lipinski definition) is 3. The number of piperidine rings is 1. The lowest BCUT2D eigenvalue weighted by molar-refractivity contribution is -0.143. The lowest BCUT2D eigenvalue weighted by atomic mass is 9.82. The number of likely N-dealkylation sites (tertiary alicyclic amines) is 1. The third-order valence-electron chi connectivity index (χ3n) is 6.82. The van der Waals surface area contributed by atoms with Crippen molar-refractivity contribution in [1.29, 1.82) is 0 Å². The minimum Gasteiger partial charge on any atom is -0.508 e. The van der Waals surface area contributed by atoms with E-state index in [-0.39, 0.29) is 11.7 Å². The number of phenols is 1. The maximum atomic E-state index is 11.0. The smallest absolute Gasteiger partial charge is 0.306 e. The normalized spacial score (nSPS) is 17.9. The lowest BCUT2D eigenvalue weighted by Gasteiger charge is -2.30. The van der Waals surface area contributed by atoms with Gasteiger partial charge in [0.1, 0.15) is 5.75 Å². The number of carboxylic acids is 1. The summed E-state index contributed by atoms with van der Waals surface area (Å²) in [6.45, 7) is 11.2. The zero-order valence-electron chi connectivity index (χ0n) is 20.5. The fourth-order valence-corrected chi connectivity index (χ4v) is 4.78. The van der Waals surface area contributed by atoms with Gasteiger partial charge in [-0.2, -0.15) is 0 Å². The number of fused-ring (bicyclic) bond motifs is 1. The van der Waals surface area contributed by atoms with E-state index in [1.54, 1.807) is 12.1 Å². The number of aromatic hydroxyl groups is 1. The largest absolute Gasteiger partial charge is 0.508 e. The highest BCUT2D eigenvalue weighted by atomic mass is 16.4. The second-order valence-corrected chi connectivity index (χ2v) is 9.40. The van der Waals surface area contributed by atoms with Crippen LogP contribution in [0.5, 0.6) is 5.75 Å². The van der Waals surface area contributed by atoms with Crippen molar-refractivity contribution in [2.24, 2.45) is 17.8 Å². The molecule has 0 unspecified atom stereocenters. The molecule has 0 bridgehead atoms. The Kier molecular flexibility index (Phi) is 11.0. The first kappa shape index (κ1) is 26.2. The van der Waals surface area contributed by atoms with E-state index in [0.29, 0.717) is 0 Å². The van der Waals surface area contributed by atoms with Crippen LogP contribution in [-0.2, 0) is 11.3 Å². The first-order valence-corrected chi connectivity index (χ1v) is 12.6. The summed E-state index contributed by atoms with van der Waals surface area (Å²) in [4.78, 5) is 13.3. The fraction of sp³-hybridized carbons (Fsp3) is 0.607. The minimum absolute atomic E-state index is 0.180. The Labute approximate surface area is 194 Å². The molecule has 2 fully saturated rings. The number of hydrogen-bond donors (Lipinski definition) is 2. The lowest BCUT2D eigenvalue weighted by Crippen LogP contribution is -2.35. The molecule has 1 saturated carbocycles. The SMILES string of the molecule is CC.CC(C)C1CCCCC1.O=C(O)C1CCN(Cc2ccc3cc(O)ccc3c2)CC1. The molecule has 1 aliphatic carbocycles. The standard InChI is InChI=1S/C17H19NO3.C9H18.C2H6/c19-16-4-3-14-9-12(1-2-15(14)10-16)11-18-7-5-13(6-8-18)17(20)21;1-8(2)9-6-4-3-5-7-9;1-2/h1-4,9-10,13,19H,5-8,11H2,(H,20,21);8-9H,3-7H2,1-2H3;1-2H3. The highest BCUT2D eigenvalue weighted by molar-refractivity contribution is 5.84. The molecule has 0 spiro atoms. The van der Waals surface area contributed by atoms with Crippen molar-refractivity contribution in [2.75, 3.05) is 13.1 Å². The molecule has 2 aromatic carbocycles. The topological polar surface area (TPSA) is 60.8 Å². The van der Waals surface area contributed by atoms with Crippen LogP contribution in [0.2, 0.25) is 0 Å². The van der Waals surface area contributed by atoms with E-state index >= 15 is 0 Å². The summed E-state index contributed by atoms with van der Waals surface area (Å²) >= 11 is 0. The van der Waals surface area contributed by atoms with E-state index in [2.05, 4.69) is 30.9 Å². The first-order chi connectivity index (χ1) is 15.4. The van der Waals surface area contributed by atoms with Gasteiger partial charge in [-0.3, -0.25) is 9.69 Å². The molecule has 4 rings (SSSR count). The molecule has 0 aromatic heterocycles. The van der Waals surface area contributed by atoms with Crippen LogP contribution in [0, 0.1) is 17.8 Å². The summed E-state index contributed by atoms with van der Waals surface area (Å²) in [5.41, 5.74) is 1.22.